The topological polar surface area (TPSA) is 44.1 Å². The van der Waals surface area contributed by atoms with E-state index in [-0.39, 0.29) is 5.82 Å². The van der Waals surface area contributed by atoms with Gasteiger partial charge < -0.3 is 4.74 Å². The molecule has 1 aromatic carbocycles. The summed E-state index contributed by atoms with van der Waals surface area (Å²) in [6.45, 7) is 6.22. The monoisotopic (exact) mass is 290 g/mol. The summed E-state index contributed by atoms with van der Waals surface area (Å²) >= 11 is 0. The summed E-state index contributed by atoms with van der Waals surface area (Å²) in [4.78, 5) is 12.0. The number of benzene rings is 1. The third kappa shape index (κ3) is 3.68. The number of nitrogens with zero attached hydrogens (tertiary/aromatic N) is 2. The van der Waals surface area contributed by atoms with Crippen LogP contribution >= 0.6 is 0 Å². The number of aromatic nitrogens is 2. The van der Waals surface area contributed by atoms with Crippen LogP contribution < -0.4 is 0 Å². The first-order valence-electron chi connectivity index (χ1n) is 7.03. The van der Waals surface area contributed by atoms with E-state index in [1.807, 2.05) is 0 Å². The molecule has 0 aliphatic rings. The van der Waals surface area contributed by atoms with Crippen molar-refractivity contribution >= 4 is 5.97 Å². The summed E-state index contributed by atoms with van der Waals surface area (Å²) in [6.07, 6.45) is 0.764. The maximum absolute atomic E-state index is 13.0. The van der Waals surface area contributed by atoms with Gasteiger partial charge in [-0.3, -0.25) is 0 Å². The van der Waals surface area contributed by atoms with Crippen molar-refractivity contribution in [2.24, 2.45) is 5.92 Å². The molecule has 2 aromatic rings. The Labute approximate surface area is 123 Å². The molecule has 21 heavy (non-hydrogen) atoms. The van der Waals surface area contributed by atoms with Crippen LogP contribution in [0.1, 0.15) is 37.0 Å². The number of halogens is 1. The summed E-state index contributed by atoms with van der Waals surface area (Å²) in [7, 11) is 0. The highest BCUT2D eigenvalue weighted by Crippen LogP contribution is 2.16. The Kier molecular flexibility index (Phi) is 4.73. The average molecular weight is 290 g/mol. The number of hydrogen-bond acceptors (Lipinski definition) is 3. The van der Waals surface area contributed by atoms with Crippen LogP contribution in [0.2, 0.25) is 0 Å². The van der Waals surface area contributed by atoms with Crippen molar-refractivity contribution in [1.29, 1.82) is 0 Å². The molecule has 0 radical (unpaired) electrons. The van der Waals surface area contributed by atoms with Crippen LogP contribution in [-0.4, -0.2) is 22.4 Å². The molecule has 4 nitrogen and oxygen atoms in total. The number of carbonyl (C=O) groups is 1. The Bertz CT molecular complexity index is 618. The first kappa shape index (κ1) is 15.2. The maximum Gasteiger partial charge on any atom is 0.357 e. The Morgan fingerprint density at radius 3 is 2.57 bits per heavy atom. The minimum absolute atomic E-state index is 0.299. The second-order valence-corrected chi connectivity index (χ2v) is 5.23. The zero-order valence-corrected chi connectivity index (χ0v) is 12.5. The SMILES string of the molecule is CCOC(=O)c1cc(CC(C)C)nn1-c1ccc(F)cc1. The van der Waals surface area contributed by atoms with Gasteiger partial charge in [0.1, 0.15) is 5.82 Å². The van der Waals surface area contributed by atoms with Crippen molar-refractivity contribution in [3.63, 3.8) is 0 Å². The lowest BCUT2D eigenvalue weighted by atomic mass is 10.1. The van der Waals surface area contributed by atoms with E-state index in [9.17, 15) is 9.18 Å². The molecule has 112 valence electrons. The smallest absolute Gasteiger partial charge is 0.357 e. The second kappa shape index (κ2) is 6.52. The predicted octanol–water partition coefficient (Wildman–Crippen LogP) is 3.39. The van der Waals surface area contributed by atoms with Gasteiger partial charge in [-0.25, -0.2) is 13.9 Å². The number of hydrogen-bond donors (Lipinski definition) is 0. The molecule has 0 fully saturated rings. The Balaban J connectivity index is 2.43. The minimum Gasteiger partial charge on any atom is -0.461 e. The van der Waals surface area contributed by atoms with Gasteiger partial charge in [-0.15, -0.1) is 0 Å². The molecule has 0 aliphatic heterocycles. The van der Waals surface area contributed by atoms with E-state index in [1.54, 1.807) is 25.1 Å². The van der Waals surface area contributed by atoms with Crippen LogP contribution in [0.15, 0.2) is 30.3 Å². The van der Waals surface area contributed by atoms with Crippen LogP contribution in [-0.2, 0) is 11.2 Å². The van der Waals surface area contributed by atoms with Crippen molar-refractivity contribution in [2.45, 2.75) is 27.2 Å². The molecule has 2 rings (SSSR count). The quantitative estimate of drug-likeness (QED) is 0.793. The van der Waals surface area contributed by atoms with Gasteiger partial charge in [0, 0.05) is 0 Å². The van der Waals surface area contributed by atoms with Gasteiger partial charge in [-0.1, -0.05) is 13.8 Å². The highest BCUT2D eigenvalue weighted by Gasteiger charge is 2.18. The fourth-order valence-corrected chi connectivity index (χ4v) is 2.08. The van der Waals surface area contributed by atoms with Gasteiger partial charge in [-0.2, -0.15) is 5.10 Å². The lowest BCUT2D eigenvalue weighted by Crippen LogP contribution is -2.11. The molecule has 0 spiro atoms. The second-order valence-electron chi connectivity index (χ2n) is 5.23. The largest absolute Gasteiger partial charge is 0.461 e. The molecule has 5 heteroatoms. The third-order valence-electron chi connectivity index (χ3n) is 2.93. The van der Waals surface area contributed by atoms with Crippen LogP contribution in [0.4, 0.5) is 4.39 Å². The maximum atomic E-state index is 13.0. The van der Waals surface area contributed by atoms with Crippen molar-refractivity contribution in [3.05, 3.63) is 47.5 Å². The standard InChI is InChI=1S/C16H19FN2O2/c1-4-21-16(20)15-10-13(9-11(2)3)18-19(15)14-7-5-12(17)6-8-14/h5-8,10-11H,4,9H2,1-3H3. The highest BCUT2D eigenvalue weighted by atomic mass is 19.1. The fourth-order valence-electron chi connectivity index (χ4n) is 2.08. The molecule has 0 amide bonds. The van der Waals surface area contributed by atoms with Crippen molar-refractivity contribution < 1.29 is 13.9 Å². The molecular weight excluding hydrogens is 271 g/mol. The zero-order chi connectivity index (χ0) is 15.4. The van der Waals surface area contributed by atoms with E-state index in [1.165, 1.54) is 16.8 Å². The van der Waals surface area contributed by atoms with E-state index in [2.05, 4.69) is 18.9 Å². The van der Waals surface area contributed by atoms with Gasteiger partial charge in [0.15, 0.2) is 5.69 Å². The van der Waals surface area contributed by atoms with E-state index in [4.69, 9.17) is 4.74 Å². The molecule has 0 aliphatic carbocycles. The number of rotatable bonds is 5. The van der Waals surface area contributed by atoms with Crippen molar-refractivity contribution in [3.8, 4) is 5.69 Å². The molecular formula is C16H19FN2O2. The number of ether oxygens (including phenoxy) is 1. The summed E-state index contributed by atoms with van der Waals surface area (Å²) in [5.41, 5.74) is 1.81. The lowest BCUT2D eigenvalue weighted by Gasteiger charge is -2.06. The van der Waals surface area contributed by atoms with Gasteiger partial charge >= 0.3 is 5.97 Å². The number of esters is 1. The molecule has 1 aromatic heterocycles. The lowest BCUT2D eigenvalue weighted by molar-refractivity contribution is 0.0515. The first-order valence-corrected chi connectivity index (χ1v) is 7.03. The molecule has 0 unspecified atom stereocenters. The van der Waals surface area contributed by atoms with Gasteiger partial charge in [0.05, 0.1) is 18.0 Å². The molecule has 1 heterocycles. The fraction of sp³-hybridized carbons (Fsp3) is 0.375. The van der Waals surface area contributed by atoms with E-state index in [0.717, 1.165) is 12.1 Å². The summed E-state index contributed by atoms with van der Waals surface area (Å²) in [5.74, 6) is -0.327. The van der Waals surface area contributed by atoms with Crippen molar-refractivity contribution in [2.75, 3.05) is 6.61 Å². The van der Waals surface area contributed by atoms with Crippen molar-refractivity contribution in [1.82, 2.24) is 9.78 Å². The van der Waals surface area contributed by atoms with E-state index < -0.39 is 5.97 Å². The van der Waals surface area contributed by atoms with Crippen LogP contribution in [0.5, 0.6) is 0 Å². The minimum atomic E-state index is -0.427. The Hall–Kier alpha value is -2.17. The Morgan fingerprint density at radius 1 is 1.33 bits per heavy atom. The first-order chi connectivity index (χ1) is 10.0. The summed E-state index contributed by atoms with van der Waals surface area (Å²) in [5, 5.41) is 4.45. The van der Waals surface area contributed by atoms with Crippen LogP contribution in [0.3, 0.4) is 0 Å². The Morgan fingerprint density at radius 2 is 2.00 bits per heavy atom. The van der Waals surface area contributed by atoms with Gasteiger partial charge in [0.2, 0.25) is 0 Å². The average Bonchev–Trinajstić information content (AvgIpc) is 2.83. The predicted molar refractivity (Wildman–Crippen MR) is 78.0 cm³/mol. The summed E-state index contributed by atoms with van der Waals surface area (Å²) < 4.78 is 19.6. The van der Waals surface area contributed by atoms with Gasteiger partial charge in [0.25, 0.3) is 0 Å². The van der Waals surface area contributed by atoms with Crippen LogP contribution in [0, 0.1) is 11.7 Å². The number of carbonyl (C=O) groups excluding carboxylic acids is 1. The van der Waals surface area contributed by atoms with E-state index >= 15 is 0 Å². The van der Waals surface area contributed by atoms with Crippen LogP contribution in [0.25, 0.3) is 5.69 Å². The third-order valence-corrected chi connectivity index (χ3v) is 2.93. The zero-order valence-electron chi connectivity index (χ0n) is 12.5. The summed E-state index contributed by atoms with van der Waals surface area (Å²) in [6, 6.07) is 7.60. The normalized spacial score (nSPS) is 10.9. The van der Waals surface area contributed by atoms with Gasteiger partial charge in [-0.05, 0) is 49.6 Å². The highest BCUT2D eigenvalue weighted by molar-refractivity contribution is 5.88. The molecule has 0 N–H and O–H groups in total. The molecule has 0 saturated carbocycles. The molecule has 0 bridgehead atoms. The molecule has 0 saturated heterocycles. The van der Waals surface area contributed by atoms with E-state index in [0.29, 0.717) is 23.9 Å². The molecule has 0 atom stereocenters.